The predicted octanol–water partition coefficient (Wildman–Crippen LogP) is 3.26. The maximum absolute atomic E-state index is 12.1. The van der Waals surface area contributed by atoms with Gasteiger partial charge in [0.15, 0.2) is 5.69 Å². The molecule has 24 heavy (non-hydrogen) atoms. The van der Waals surface area contributed by atoms with Crippen LogP contribution in [-0.2, 0) is 5.41 Å². The highest BCUT2D eigenvalue weighted by molar-refractivity contribution is 6.00. The lowest BCUT2D eigenvalue weighted by Gasteiger charge is -2.14. The van der Waals surface area contributed by atoms with Crippen LogP contribution in [0.15, 0.2) is 35.4 Å². The zero-order valence-electron chi connectivity index (χ0n) is 14.8. The SMILES string of the molecule is CCOc1ccc(C(C)=NNC(=O)c2cc(C(C)(C)C)[nH]n2)cc1. The zero-order chi connectivity index (χ0) is 17.7. The van der Waals surface area contributed by atoms with E-state index in [1.54, 1.807) is 6.07 Å². The molecule has 0 unspecified atom stereocenters. The number of nitrogens with zero attached hydrogens (tertiary/aromatic N) is 2. The summed E-state index contributed by atoms with van der Waals surface area (Å²) < 4.78 is 5.40. The summed E-state index contributed by atoms with van der Waals surface area (Å²) in [6.45, 7) is 10.6. The van der Waals surface area contributed by atoms with E-state index >= 15 is 0 Å². The molecule has 0 bridgehead atoms. The molecule has 0 radical (unpaired) electrons. The van der Waals surface area contributed by atoms with Crippen LogP contribution in [0, 0.1) is 0 Å². The van der Waals surface area contributed by atoms with E-state index in [2.05, 4.69) is 41.5 Å². The second-order valence-corrected chi connectivity index (χ2v) is 6.51. The number of carbonyl (C=O) groups is 1. The van der Waals surface area contributed by atoms with Crippen LogP contribution in [0.1, 0.15) is 56.4 Å². The van der Waals surface area contributed by atoms with E-state index in [0.717, 1.165) is 17.0 Å². The van der Waals surface area contributed by atoms with Crippen molar-refractivity contribution in [1.82, 2.24) is 15.6 Å². The third-order valence-corrected chi connectivity index (χ3v) is 3.53. The number of amides is 1. The number of hydrogen-bond donors (Lipinski definition) is 2. The van der Waals surface area contributed by atoms with E-state index in [0.29, 0.717) is 18.0 Å². The maximum Gasteiger partial charge on any atom is 0.291 e. The molecule has 128 valence electrons. The Bertz CT molecular complexity index is 724. The van der Waals surface area contributed by atoms with Gasteiger partial charge in [-0.2, -0.15) is 10.2 Å². The van der Waals surface area contributed by atoms with Gasteiger partial charge >= 0.3 is 0 Å². The van der Waals surface area contributed by atoms with Crippen LogP contribution in [0.2, 0.25) is 0 Å². The lowest BCUT2D eigenvalue weighted by atomic mass is 9.92. The zero-order valence-corrected chi connectivity index (χ0v) is 14.8. The average Bonchev–Trinajstić information content (AvgIpc) is 3.03. The molecule has 1 aromatic heterocycles. The van der Waals surface area contributed by atoms with Crippen molar-refractivity contribution in [3.05, 3.63) is 47.3 Å². The van der Waals surface area contributed by atoms with Crippen molar-refractivity contribution in [3.8, 4) is 5.75 Å². The number of H-pyrrole nitrogens is 1. The molecule has 0 aliphatic carbocycles. The monoisotopic (exact) mass is 328 g/mol. The largest absolute Gasteiger partial charge is 0.494 e. The molecule has 2 rings (SSSR count). The number of aromatic amines is 1. The van der Waals surface area contributed by atoms with E-state index in [9.17, 15) is 4.79 Å². The molecule has 6 heteroatoms. The average molecular weight is 328 g/mol. The Morgan fingerprint density at radius 2 is 1.96 bits per heavy atom. The normalized spacial score (nSPS) is 12.1. The molecule has 0 saturated heterocycles. The predicted molar refractivity (Wildman–Crippen MR) is 94.6 cm³/mol. The molecule has 1 aromatic carbocycles. The molecule has 1 amide bonds. The number of hydrazone groups is 1. The third kappa shape index (κ3) is 4.44. The number of aromatic nitrogens is 2. The highest BCUT2D eigenvalue weighted by Crippen LogP contribution is 2.20. The summed E-state index contributed by atoms with van der Waals surface area (Å²) in [5.41, 5.74) is 5.29. The molecule has 0 aliphatic heterocycles. The minimum atomic E-state index is -0.341. The highest BCUT2D eigenvalue weighted by Gasteiger charge is 2.19. The molecule has 1 heterocycles. The van der Waals surface area contributed by atoms with Crippen molar-refractivity contribution in [1.29, 1.82) is 0 Å². The van der Waals surface area contributed by atoms with E-state index < -0.39 is 0 Å². The molecule has 0 aliphatic rings. The fourth-order valence-corrected chi connectivity index (χ4v) is 2.04. The van der Waals surface area contributed by atoms with E-state index in [1.807, 2.05) is 38.1 Å². The van der Waals surface area contributed by atoms with Crippen LogP contribution >= 0.6 is 0 Å². The summed E-state index contributed by atoms with van der Waals surface area (Å²) in [5, 5.41) is 11.1. The minimum absolute atomic E-state index is 0.0903. The first-order chi connectivity index (χ1) is 11.3. The summed E-state index contributed by atoms with van der Waals surface area (Å²) in [7, 11) is 0. The van der Waals surface area contributed by atoms with Crippen molar-refractivity contribution in [2.75, 3.05) is 6.61 Å². The van der Waals surface area contributed by atoms with Crippen molar-refractivity contribution in [2.45, 2.75) is 40.0 Å². The Kier molecular flexibility index (Phi) is 5.39. The van der Waals surface area contributed by atoms with Crippen LogP contribution in [-0.4, -0.2) is 28.4 Å². The van der Waals surface area contributed by atoms with Crippen molar-refractivity contribution < 1.29 is 9.53 Å². The fourth-order valence-electron chi connectivity index (χ4n) is 2.04. The first kappa shape index (κ1) is 17.7. The number of carbonyl (C=O) groups excluding carboxylic acids is 1. The van der Waals surface area contributed by atoms with E-state index in [1.165, 1.54) is 0 Å². The Morgan fingerprint density at radius 3 is 2.50 bits per heavy atom. The second-order valence-electron chi connectivity index (χ2n) is 6.51. The Labute approximate surface area is 142 Å². The third-order valence-electron chi connectivity index (χ3n) is 3.53. The summed E-state index contributed by atoms with van der Waals surface area (Å²) in [6.07, 6.45) is 0. The standard InChI is InChI=1S/C18H24N4O2/c1-6-24-14-9-7-13(8-10-14)12(2)19-22-17(23)15-11-16(21-20-15)18(3,4)5/h7-11H,6H2,1-5H3,(H,20,21)(H,22,23). The van der Waals surface area contributed by atoms with Gasteiger partial charge in [0.2, 0.25) is 0 Å². The topological polar surface area (TPSA) is 79.4 Å². The molecular weight excluding hydrogens is 304 g/mol. The molecule has 0 spiro atoms. The lowest BCUT2D eigenvalue weighted by Crippen LogP contribution is -2.19. The minimum Gasteiger partial charge on any atom is -0.494 e. The summed E-state index contributed by atoms with van der Waals surface area (Å²) in [6, 6.07) is 9.31. The van der Waals surface area contributed by atoms with Gasteiger partial charge in [0.1, 0.15) is 5.75 Å². The van der Waals surface area contributed by atoms with Crippen LogP contribution < -0.4 is 10.2 Å². The molecule has 2 aromatic rings. The number of rotatable bonds is 5. The maximum atomic E-state index is 12.1. The lowest BCUT2D eigenvalue weighted by molar-refractivity contribution is 0.0950. The summed E-state index contributed by atoms with van der Waals surface area (Å²) in [5.74, 6) is 0.469. The van der Waals surface area contributed by atoms with Gasteiger partial charge in [-0.25, -0.2) is 5.43 Å². The van der Waals surface area contributed by atoms with Gasteiger partial charge in [0.05, 0.1) is 12.3 Å². The van der Waals surface area contributed by atoms with Gasteiger partial charge in [-0.05, 0) is 49.7 Å². The van der Waals surface area contributed by atoms with Crippen LogP contribution in [0.3, 0.4) is 0 Å². The number of nitrogens with one attached hydrogen (secondary N) is 2. The van der Waals surface area contributed by atoms with Gasteiger partial charge in [-0.3, -0.25) is 9.89 Å². The molecule has 6 nitrogen and oxygen atoms in total. The Balaban J connectivity index is 2.03. The van der Waals surface area contributed by atoms with Crippen molar-refractivity contribution >= 4 is 11.6 Å². The van der Waals surface area contributed by atoms with E-state index in [-0.39, 0.29) is 11.3 Å². The molecule has 0 saturated carbocycles. The first-order valence-electron chi connectivity index (χ1n) is 7.95. The smallest absolute Gasteiger partial charge is 0.291 e. The summed E-state index contributed by atoms with van der Waals surface area (Å²) in [4.78, 5) is 12.1. The Hall–Kier alpha value is -2.63. The van der Waals surface area contributed by atoms with Gasteiger partial charge in [0.25, 0.3) is 5.91 Å². The van der Waals surface area contributed by atoms with Crippen LogP contribution in [0.4, 0.5) is 0 Å². The van der Waals surface area contributed by atoms with Gasteiger partial charge in [0, 0.05) is 11.1 Å². The molecular formula is C18H24N4O2. The van der Waals surface area contributed by atoms with Gasteiger partial charge < -0.3 is 4.74 Å². The van der Waals surface area contributed by atoms with Gasteiger partial charge in [-0.1, -0.05) is 20.8 Å². The molecule has 0 fully saturated rings. The quantitative estimate of drug-likeness (QED) is 0.653. The van der Waals surface area contributed by atoms with Crippen molar-refractivity contribution in [3.63, 3.8) is 0 Å². The molecule has 0 atom stereocenters. The first-order valence-corrected chi connectivity index (χ1v) is 7.95. The highest BCUT2D eigenvalue weighted by atomic mass is 16.5. The fraction of sp³-hybridized carbons (Fsp3) is 0.389. The van der Waals surface area contributed by atoms with Crippen molar-refractivity contribution in [2.24, 2.45) is 5.10 Å². The second kappa shape index (κ2) is 7.29. The van der Waals surface area contributed by atoms with Gasteiger partial charge in [-0.15, -0.1) is 0 Å². The number of hydrogen-bond acceptors (Lipinski definition) is 4. The van der Waals surface area contributed by atoms with Crippen LogP contribution in [0.25, 0.3) is 0 Å². The van der Waals surface area contributed by atoms with E-state index in [4.69, 9.17) is 4.74 Å². The number of benzene rings is 1. The Morgan fingerprint density at radius 1 is 1.29 bits per heavy atom. The summed E-state index contributed by atoms with van der Waals surface area (Å²) >= 11 is 0. The number of ether oxygens (including phenoxy) is 1. The van der Waals surface area contributed by atoms with Crippen LogP contribution in [0.5, 0.6) is 5.75 Å². The molecule has 2 N–H and O–H groups in total.